The second-order valence-corrected chi connectivity index (χ2v) is 3.15. The van der Waals surface area contributed by atoms with Crippen LogP contribution in [0.4, 0.5) is 4.39 Å². The molecule has 0 amide bonds. The third-order valence-electron chi connectivity index (χ3n) is 1.12. The Balaban J connectivity index is 2.87. The van der Waals surface area contributed by atoms with Crippen molar-refractivity contribution in [3.63, 3.8) is 0 Å². The average molecular weight is 187 g/mol. The number of aliphatic carboxylic acids is 1. The van der Waals surface area contributed by atoms with Crippen LogP contribution < -0.4 is 0 Å². The van der Waals surface area contributed by atoms with Gasteiger partial charge in [0.1, 0.15) is 0 Å². The molecule has 1 aromatic rings. The molecule has 5 heteroatoms. The molecule has 12 heavy (non-hydrogen) atoms. The lowest BCUT2D eigenvalue weighted by Crippen LogP contribution is -1.93. The van der Waals surface area contributed by atoms with Crippen LogP contribution in [0.5, 0.6) is 0 Å². The molecule has 0 aromatic carbocycles. The van der Waals surface area contributed by atoms with Gasteiger partial charge in [-0.1, -0.05) is 0 Å². The molecule has 0 radical (unpaired) electrons. The zero-order chi connectivity index (χ0) is 9.14. The van der Waals surface area contributed by atoms with E-state index < -0.39 is 11.8 Å². The molecule has 0 spiro atoms. The van der Waals surface area contributed by atoms with Gasteiger partial charge in [-0.3, -0.25) is 0 Å². The van der Waals surface area contributed by atoms with Crippen molar-refractivity contribution in [3.8, 4) is 0 Å². The van der Waals surface area contributed by atoms with Gasteiger partial charge >= 0.3 is 5.97 Å². The summed E-state index contributed by atoms with van der Waals surface area (Å²) in [6, 6.07) is 0. The van der Waals surface area contributed by atoms with Crippen molar-refractivity contribution >= 4 is 23.4 Å². The Bertz CT molecular complexity index is 332. The molecule has 0 atom stereocenters. The highest BCUT2D eigenvalue weighted by atomic mass is 32.1. The SMILES string of the molecule is Cc1nc(/C=C(\F)C(=O)O)cs1. The van der Waals surface area contributed by atoms with Gasteiger partial charge in [-0.2, -0.15) is 4.39 Å². The molecule has 1 N–H and O–H groups in total. The summed E-state index contributed by atoms with van der Waals surface area (Å²) >= 11 is 1.34. The van der Waals surface area contributed by atoms with Crippen molar-refractivity contribution in [1.29, 1.82) is 0 Å². The Kier molecular flexibility index (Phi) is 2.54. The van der Waals surface area contributed by atoms with Crippen LogP contribution in [0.3, 0.4) is 0 Å². The molecule has 0 unspecified atom stereocenters. The average Bonchev–Trinajstić information content (AvgIpc) is 2.35. The zero-order valence-electron chi connectivity index (χ0n) is 6.24. The summed E-state index contributed by atoms with van der Waals surface area (Å²) < 4.78 is 12.4. The Morgan fingerprint density at radius 3 is 2.92 bits per heavy atom. The summed E-state index contributed by atoms with van der Waals surface area (Å²) in [5, 5.41) is 10.6. The number of nitrogens with zero attached hydrogens (tertiary/aromatic N) is 1. The number of thiazole rings is 1. The van der Waals surface area contributed by atoms with E-state index in [1.54, 1.807) is 12.3 Å². The third-order valence-corrected chi connectivity index (χ3v) is 1.91. The van der Waals surface area contributed by atoms with E-state index in [2.05, 4.69) is 4.98 Å². The fraction of sp³-hybridized carbons (Fsp3) is 0.143. The van der Waals surface area contributed by atoms with E-state index in [9.17, 15) is 9.18 Å². The smallest absolute Gasteiger partial charge is 0.364 e. The topological polar surface area (TPSA) is 50.2 Å². The predicted octanol–water partition coefficient (Wildman–Crippen LogP) is 1.85. The minimum atomic E-state index is -1.57. The standard InChI is InChI=1S/C7H6FNO2S/c1-4-9-5(3-12-4)2-6(8)7(10)11/h2-3H,1H3,(H,10,11)/b6-2-. The van der Waals surface area contributed by atoms with Gasteiger partial charge in [-0.15, -0.1) is 11.3 Å². The Hall–Kier alpha value is -1.23. The second kappa shape index (κ2) is 3.44. The van der Waals surface area contributed by atoms with Crippen LogP contribution in [0, 0.1) is 6.92 Å². The fourth-order valence-electron chi connectivity index (χ4n) is 0.638. The number of carbonyl (C=O) groups is 1. The molecule has 0 bridgehead atoms. The van der Waals surface area contributed by atoms with Crippen LogP contribution in [0.1, 0.15) is 10.7 Å². The zero-order valence-corrected chi connectivity index (χ0v) is 7.06. The van der Waals surface area contributed by atoms with Gasteiger partial charge in [-0.05, 0) is 6.92 Å². The van der Waals surface area contributed by atoms with Gasteiger partial charge in [0.05, 0.1) is 10.7 Å². The molecule has 1 rings (SSSR count). The van der Waals surface area contributed by atoms with Crippen LogP contribution in [0.15, 0.2) is 11.2 Å². The van der Waals surface area contributed by atoms with Crippen LogP contribution in [-0.4, -0.2) is 16.1 Å². The molecule has 3 nitrogen and oxygen atoms in total. The molecule has 0 aliphatic carbocycles. The maximum atomic E-state index is 12.4. The summed E-state index contributed by atoms with van der Waals surface area (Å²) in [6.07, 6.45) is 0.895. The predicted molar refractivity (Wildman–Crippen MR) is 43.6 cm³/mol. The van der Waals surface area contributed by atoms with Crippen molar-refractivity contribution in [1.82, 2.24) is 4.98 Å². The first-order valence-electron chi connectivity index (χ1n) is 3.12. The molecule has 0 saturated carbocycles. The van der Waals surface area contributed by atoms with E-state index in [4.69, 9.17) is 5.11 Å². The minimum absolute atomic E-state index is 0.345. The van der Waals surface area contributed by atoms with Crippen molar-refractivity contribution in [3.05, 3.63) is 21.9 Å². The number of hydrogen-bond donors (Lipinski definition) is 1. The van der Waals surface area contributed by atoms with E-state index in [1.165, 1.54) is 11.3 Å². The minimum Gasteiger partial charge on any atom is -0.476 e. The maximum Gasteiger partial charge on any atom is 0.364 e. The number of carboxylic acids is 1. The normalized spacial score (nSPS) is 11.7. The van der Waals surface area contributed by atoms with Gasteiger partial charge in [0.15, 0.2) is 0 Å². The molecule has 64 valence electrons. The summed E-state index contributed by atoms with van der Waals surface area (Å²) in [5.74, 6) is -2.76. The van der Waals surface area contributed by atoms with Crippen molar-refractivity contribution in [2.24, 2.45) is 0 Å². The van der Waals surface area contributed by atoms with Gasteiger partial charge < -0.3 is 5.11 Å². The number of hydrogen-bond acceptors (Lipinski definition) is 3. The molecule has 1 aromatic heterocycles. The van der Waals surface area contributed by atoms with E-state index in [0.717, 1.165) is 11.1 Å². The van der Waals surface area contributed by atoms with Crippen LogP contribution in [0.2, 0.25) is 0 Å². The first kappa shape index (κ1) is 8.86. The van der Waals surface area contributed by atoms with Crippen LogP contribution >= 0.6 is 11.3 Å². The highest BCUT2D eigenvalue weighted by Gasteiger charge is 2.05. The summed E-state index contributed by atoms with van der Waals surface area (Å²) in [4.78, 5) is 13.9. The van der Waals surface area contributed by atoms with Crippen molar-refractivity contribution < 1.29 is 14.3 Å². The third kappa shape index (κ3) is 2.13. The second-order valence-electron chi connectivity index (χ2n) is 2.09. The molecular formula is C7H6FNO2S. The van der Waals surface area contributed by atoms with Gasteiger partial charge in [-0.25, -0.2) is 9.78 Å². The maximum absolute atomic E-state index is 12.4. The largest absolute Gasteiger partial charge is 0.476 e. The van der Waals surface area contributed by atoms with E-state index in [1.807, 2.05) is 0 Å². The monoisotopic (exact) mass is 187 g/mol. The van der Waals surface area contributed by atoms with Crippen molar-refractivity contribution in [2.45, 2.75) is 6.92 Å². The Morgan fingerprint density at radius 2 is 2.50 bits per heavy atom. The van der Waals surface area contributed by atoms with E-state index in [0.29, 0.717) is 5.69 Å². The number of aromatic nitrogens is 1. The molecular weight excluding hydrogens is 181 g/mol. The quantitative estimate of drug-likeness (QED) is 0.719. The lowest BCUT2D eigenvalue weighted by molar-refractivity contribution is -0.134. The first-order valence-corrected chi connectivity index (χ1v) is 4.00. The Labute approximate surface area is 72.2 Å². The van der Waals surface area contributed by atoms with Crippen molar-refractivity contribution in [2.75, 3.05) is 0 Å². The lowest BCUT2D eigenvalue weighted by Gasteiger charge is -1.85. The number of aryl methyl sites for hydroxylation is 1. The summed E-state index contributed by atoms with van der Waals surface area (Å²) in [6.45, 7) is 1.76. The highest BCUT2D eigenvalue weighted by molar-refractivity contribution is 7.09. The fourth-order valence-corrected chi connectivity index (χ4v) is 1.21. The van der Waals surface area contributed by atoms with Gasteiger partial charge in [0.2, 0.25) is 5.83 Å². The molecule has 0 fully saturated rings. The molecule has 0 saturated heterocycles. The summed E-state index contributed by atoms with van der Waals surface area (Å²) in [5.41, 5.74) is 0.345. The van der Waals surface area contributed by atoms with Gasteiger partial charge in [0, 0.05) is 11.5 Å². The van der Waals surface area contributed by atoms with Crippen LogP contribution in [-0.2, 0) is 4.79 Å². The lowest BCUT2D eigenvalue weighted by atomic mass is 10.4. The molecule has 1 heterocycles. The number of rotatable bonds is 2. The molecule has 0 aliphatic heterocycles. The highest BCUT2D eigenvalue weighted by Crippen LogP contribution is 2.12. The molecule has 0 aliphatic rings. The summed E-state index contributed by atoms with van der Waals surface area (Å²) in [7, 11) is 0. The van der Waals surface area contributed by atoms with Gasteiger partial charge in [0.25, 0.3) is 0 Å². The Morgan fingerprint density at radius 1 is 1.83 bits per heavy atom. The van der Waals surface area contributed by atoms with E-state index >= 15 is 0 Å². The first-order chi connectivity index (χ1) is 5.59. The number of carboxylic acid groups (broad SMARTS) is 1. The number of halogens is 1. The van der Waals surface area contributed by atoms with Crippen LogP contribution in [0.25, 0.3) is 6.08 Å². The van der Waals surface area contributed by atoms with E-state index in [-0.39, 0.29) is 0 Å².